The number of nitrogens with two attached hydrogens (primary N) is 1. The Labute approximate surface area is 128 Å². The topological polar surface area (TPSA) is 77.8 Å². The molecule has 0 atom stereocenters. The summed E-state index contributed by atoms with van der Waals surface area (Å²) in [6.45, 7) is 0. The SMILES string of the molecule is Cl.NC1(c2noc(-c3cccc4cnccc34)n2)CCC1. The van der Waals surface area contributed by atoms with E-state index in [1.165, 1.54) is 0 Å². The molecule has 3 aromatic rings. The van der Waals surface area contributed by atoms with Crippen molar-refractivity contribution in [2.45, 2.75) is 24.8 Å². The second-order valence-electron chi connectivity index (χ2n) is 5.34. The van der Waals surface area contributed by atoms with E-state index in [0.717, 1.165) is 35.6 Å². The summed E-state index contributed by atoms with van der Waals surface area (Å²) < 4.78 is 5.42. The molecule has 4 rings (SSSR count). The highest BCUT2D eigenvalue weighted by Crippen LogP contribution is 2.38. The minimum atomic E-state index is -0.395. The minimum absolute atomic E-state index is 0. The van der Waals surface area contributed by atoms with Crippen molar-refractivity contribution in [2.75, 3.05) is 0 Å². The molecule has 6 heteroatoms. The Morgan fingerprint density at radius 3 is 2.81 bits per heavy atom. The standard InChI is InChI=1S/C15H14N4O.ClH/c16-15(6-2-7-15)14-18-13(20-19-14)12-4-1-3-10-9-17-8-5-11(10)12;/h1,3-5,8-9H,2,6-7,16H2;1H. The van der Waals surface area contributed by atoms with Gasteiger partial charge in [-0.2, -0.15) is 4.98 Å². The number of aromatic nitrogens is 3. The molecule has 1 aliphatic carbocycles. The van der Waals surface area contributed by atoms with E-state index in [1.807, 2.05) is 30.5 Å². The third kappa shape index (κ3) is 2.18. The molecule has 0 aliphatic heterocycles. The fourth-order valence-electron chi connectivity index (χ4n) is 2.63. The van der Waals surface area contributed by atoms with Gasteiger partial charge in [-0.15, -0.1) is 12.4 Å². The van der Waals surface area contributed by atoms with Crippen molar-refractivity contribution >= 4 is 23.2 Å². The lowest BCUT2D eigenvalue weighted by Crippen LogP contribution is -2.44. The summed E-state index contributed by atoms with van der Waals surface area (Å²) in [6, 6.07) is 7.91. The van der Waals surface area contributed by atoms with Crippen molar-refractivity contribution in [1.82, 2.24) is 15.1 Å². The first-order valence-electron chi connectivity index (χ1n) is 6.72. The van der Waals surface area contributed by atoms with Crippen molar-refractivity contribution < 1.29 is 4.52 Å². The molecular weight excluding hydrogens is 288 g/mol. The van der Waals surface area contributed by atoms with Crippen LogP contribution >= 0.6 is 12.4 Å². The van der Waals surface area contributed by atoms with E-state index in [4.69, 9.17) is 10.3 Å². The molecule has 1 aromatic carbocycles. The zero-order valence-corrected chi connectivity index (χ0v) is 12.1. The zero-order chi connectivity index (χ0) is 13.6. The van der Waals surface area contributed by atoms with Gasteiger partial charge in [-0.3, -0.25) is 4.98 Å². The largest absolute Gasteiger partial charge is 0.334 e. The zero-order valence-electron chi connectivity index (χ0n) is 11.3. The normalized spacial score (nSPS) is 16.2. The summed E-state index contributed by atoms with van der Waals surface area (Å²) in [5.41, 5.74) is 6.76. The average molecular weight is 303 g/mol. The van der Waals surface area contributed by atoms with Gasteiger partial charge in [-0.05, 0) is 36.8 Å². The Kier molecular flexibility index (Phi) is 3.39. The van der Waals surface area contributed by atoms with Crippen molar-refractivity contribution in [3.05, 3.63) is 42.5 Å². The Balaban J connectivity index is 0.00000132. The van der Waals surface area contributed by atoms with E-state index in [0.29, 0.717) is 11.7 Å². The molecular formula is C15H15ClN4O. The monoisotopic (exact) mass is 302 g/mol. The van der Waals surface area contributed by atoms with Crippen LogP contribution in [-0.4, -0.2) is 15.1 Å². The maximum atomic E-state index is 6.23. The van der Waals surface area contributed by atoms with Crippen LogP contribution in [0.25, 0.3) is 22.2 Å². The van der Waals surface area contributed by atoms with Crippen LogP contribution in [0, 0.1) is 0 Å². The van der Waals surface area contributed by atoms with Gasteiger partial charge in [0.25, 0.3) is 5.89 Å². The van der Waals surface area contributed by atoms with Gasteiger partial charge in [0.15, 0.2) is 5.82 Å². The molecule has 2 N–H and O–H groups in total. The molecule has 1 aliphatic rings. The quantitative estimate of drug-likeness (QED) is 0.787. The number of nitrogens with zero attached hydrogens (tertiary/aromatic N) is 3. The van der Waals surface area contributed by atoms with Gasteiger partial charge < -0.3 is 10.3 Å². The minimum Gasteiger partial charge on any atom is -0.334 e. The third-order valence-electron chi connectivity index (χ3n) is 4.03. The number of pyridine rings is 1. The van der Waals surface area contributed by atoms with E-state index in [-0.39, 0.29) is 12.4 Å². The summed E-state index contributed by atoms with van der Waals surface area (Å²) >= 11 is 0. The van der Waals surface area contributed by atoms with Crippen LogP contribution < -0.4 is 5.73 Å². The van der Waals surface area contributed by atoms with Crippen LogP contribution in [-0.2, 0) is 5.54 Å². The van der Waals surface area contributed by atoms with Crippen molar-refractivity contribution in [1.29, 1.82) is 0 Å². The van der Waals surface area contributed by atoms with Crippen LogP contribution in [0.2, 0.25) is 0 Å². The maximum absolute atomic E-state index is 6.23. The van der Waals surface area contributed by atoms with Crippen LogP contribution in [0.3, 0.4) is 0 Å². The number of fused-ring (bicyclic) bond motifs is 1. The molecule has 0 amide bonds. The third-order valence-corrected chi connectivity index (χ3v) is 4.03. The molecule has 0 saturated heterocycles. The molecule has 2 heterocycles. The van der Waals surface area contributed by atoms with Gasteiger partial charge >= 0.3 is 0 Å². The smallest absolute Gasteiger partial charge is 0.258 e. The van der Waals surface area contributed by atoms with Gasteiger partial charge in [-0.25, -0.2) is 0 Å². The van der Waals surface area contributed by atoms with Crippen LogP contribution in [0.1, 0.15) is 25.1 Å². The Hall–Kier alpha value is -1.98. The Bertz CT molecular complexity index is 777. The molecule has 0 unspecified atom stereocenters. The lowest BCUT2D eigenvalue weighted by atomic mass is 9.77. The first-order valence-corrected chi connectivity index (χ1v) is 6.72. The van der Waals surface area contributed by atoms with Gasteiger partial charge in [0.1, 0.15) is 0 Å². The molecule has 0 spiro atoms. The van der Waals surface area contributed by atoms with E-state index >= 15 is 0 Å². The first-order chi connectivity index (χ1) is 9.76. The predicted molar refractivity (Wildman–Crippen MR) is 82.0 cm³/mol. The number of benzene rings is 1. The van der Waals surface area contributed by atoms with E-state index in [9.17, 15) is 0 Å². The molecule has 0 bridgehead atoms. The second-order valence-corrected chi connectivity index (χ2v) is 5.34. The summed E-state index contributed by atoms with van der Waals surface area (Å²) in [5, 5.41) is 6.17. The summed E-state index contributed by atoms with van der Waals surface area (Å²) in [6.07, 6.45) is 6.56. The van der Waals surface area contributed by atoms with E-state index in [1.54, 1.807) is 6.20 Å². The fourth-order valence-corrected chi connectivity index (χ4v) is 2.63. The molecule has 2 aromatic heterocycles. The highest BCUT2D eigenvalue weighted by atomic mass is 35.5. The second kappa shape index (κ2) is 5.09. The summed E-state index contributed by atoms with van der Waals surface area (Å²) in [5.74, 6) is 1.14. The Morgan fingerprint density at radius 2 is 2.05 bits per heavy atom. The first kappa shape index (κ1) is 14.0. The van der Waals surface area contributed by atoms with Gasteiger partial charge in [0, 0.05) is 23.3 Å². The molecule has 1 saturated carbocycles. The number of hydrogen-bond acceptors (Lipinski definition) is 5. The van der Waals surface area contributed by atoms with E-state index < -0.39 is 5.54 Å². The maximum Gasteiger partial charge on any atom is 0.258 e. The van der Waals surface area contributed by atoms with Gasteiger partial charge in [0.2, 0.25) is 0 Å². The number of halogens is 1. The van der Waals surface area contributed by atoms with E-state index in [2.05, 4.69) is 15.1 Å². The number of hydrogen-bond donors (Lipinski definition) is 1. The predicted octanol–water partition coefficient (Wildman–Crippen LogP) is 3.04. The van der Waals surface area contributed by atoms with Crippen LogP contribution in [0.15, 0.2) is 41.2 Å². The summed E-state index contributed by atoms with van der Waals surface area (Å²) in [7, 11) is 0. The fraction of sp³-hybridized carbons (Fsp3) is 0.267. The summed E-state index contributed by atoms with van der Waals surface area (Å²) in [4.78, 5) is 8.63. The van der Waals surface area contributed by atoms with Crippen molar-refractivity contribution in [3.63, 3.8) is 0 Å². The lowest BCUT2D eigenvalue weighted by molar-refractivity contribution is 0.229. The Morgan fingerprint density at radius 1 is 1.19 bits per heavy atom. The van der Waals surface area contributed by atoms with Crippen molar-refractivity contribution in [3.8, 4) is 11.5 Å². The molecule has 1 fully saturated rings. The molecule has 5 nitrogen and oxygen atoms in total. The molecule has 21 heavy (non-hydrogen) atoms. The highest BCUT2D eigenvalue weighted by Gasteiger charge is 2.39. The molecule has 0 radical (unpaired) electrons. The van der Waals surface area contributed by atoms with Crippen LogP contribution in [0.4, 0.5) is 0 Å². The van der Waals surface area contributed by atoms with Gasteiger partial charge in [-0.1, -0.05) is 17.3 Å². The molecule has 108 valence electrons. The van der Waals surface area contributed by atoms with Gasteiger partial charge in [0.05, 0.1) is 5.54 Å². The number of rotatable bonds is 2. The van der Waals surface area contributed by atoms with Crippen molar-refractivity contribution in [2.24, 2.45) is 5.73 Å². The van der Waals surface area contributed by atoms with Crippen LogP contribution in [0.5, 0.6) is 0 Å². The highest BCUT2D eigenvalue weighted by molar-refractivity contribution is 5.94. The average Bonchev–Trinajstić information content (AvgIpc) is 2.94. The lowest BCUT2D eigenvalue weighted by Gasteiger charge is -2.34.